The van der Waals surface area contributed by atoms with E-state index in [1.807, 2.05) is 6.92 Å². The molecule has 1 amide bonds. The lowest BCUT2D eigenvalue weighted by molar-refractivity contribution is 0.0923. The Morgan fingerprint density at radius 1 is 1.61 bits per heavy atom. The first-order valence-corrected chi connectivity index (χ1v) is 6.22. The van der Waals surface area contributed by atoms with Gasteiger partial charge in [-0.3, -0.25) is 9.78 Å². The van der Waals surface area contributed by atoms with Crippen LogP contribution in [0.4, 0.5) is 5.69 Å². The predicted octanol–water partition coefficient (Wildman–Crippen LogP) is 1.28. The summed E-state index contributed by atoms with van der Waals surface area (Å²) >= 11 is 0. The van der Waals surface area contributed by atoms with Crippen molar-refractivity contribution in [3.05, 3.63) is 24.0 Å². The summed E-state index contributed by atoms with van der Waals surface area (Å²) in [6.07, 6.45) is 4.29. The molecule has 2 heterocycles. The van der Waals surface area contributed by atoms with Crippen molar-refractivity contribution in [3.63, 3.8) is 0 Å². The maximum absolute atomic E-state index is 12.2. The summed E-state index contributed by atoms with van der Waals surface area (Å²) in [4.78, 5) is 16.2. The van der Waals surface area contributed by atoms with Gasteiger partial charge in [-0.25, -0.2) is 0 Å². The van der Waals surface area contributed by atoms with Gasteiger partial charge in [0.15, 0.2) is 0 Å². The number of anilines is 1. The second kappa shape index (κ2) is 5.82. The zero-order valence-corrected chi connectivity index (χ0v) is 10.8. The van der Waals surface area contributed by atoms with E-state index in [1.54, 1.807) is 25.5 Å². The third-order valence-corrected chi connectivity index (χ3v) is 3.37. The van der Waals surface area contributed by atoms with Gasteiger partial charge in [0.25, 0.3) is 5.91 Å². The van der Waals surface area contributed by atoms with Crippen LogP contribution in [0.25, 0.3) is 0 Å². The number of hydrogen-bond donors (Lipinski definition) is 2. The molecule has 0 saturated carbocycles. The van der Waals surface area contributed by atoms with E-state index >= 15 is 0 Å². The average molecular weight is 249 g/mol. The van der Waals surface area contributed by atoms with Crippen molar-refractivity contribution in [3.8, 4) is 0 Å². The van der Waals surface area contributed by atoms with Gasteiger partial charge in [0.05, 0.1) is 24.1 Å². The van der Waals surface area contributed by atoms with E-state index in [0.29, 0.717) is 11.5 Å². The van der Waals surface area contributed by atoms with E-state index in [2.05, 4.69) is 15.6 Å². The Bertz CT molecular complexity index is 416. The fraction of sp³-hybridized carbons (Fsp3) is 0.538. The molecular formula is C13H19N3O2. The topological polar surface area (TPSA) is 63.2 Å². The van der Waals surface area contributed by atoms with Gasteiger partial charge in [-0.1, -0.05) is 0 Å². The number of hydrogen-bond acceptors (Lipinski definition) is 4. The molecule has 0 aromatic carbocycles. The number of amides is 1. The monoisotopic (exact) mass is 249 g/mol. The number of pyridine rings is 1. The summed E-state index contributed by atoms with van der Waals surface area (Å²) in [5, 5.41) is 6.00. The Balaban J connectivity index is 2.02. The van der Waals surface area contributed by atoms with Crippen LogP contribution in [0.3, 0.4) is 0 Å². The van der Waals surface area contributed by atoms with Crippen LogP contribution in [0, 0.1) is 5.92 Å². The molecular weight excluding hydrogens is 230 g/mol. The summed E-state index contributed by atoms with van der Waals surface area (Å²) in [6.45, 7) is 3.55. The summed E-state index contributed by atoms with van der Waals surface area (Å²) in [6, 6.07) is 1.84. The molecule has 1 aliphatic rings. The van der Waals surface area contributed by atoms with E-state index in [1.165, 1.54) is 0 Å². The molecule has 1 fully saturated rings. The molecule has 0 aliphatic carbocycles. The Hall–Kier alpha value is -1.62. The Labute approximate surface area is 107 Å². The predicted molar refractivity (Wildman–Crippen MR) is 69.6 cm³/mol. The number of carbonyl (C=O) groups is 1. The molecule has 0 spiro atoms. The van der Waals surface area contributed by atoms with Crippen molar-refractivity contribution in [1.29, 1.82) is 0 Å². The standard InChI is InChI=1S/C13H19N3O2/c1-9(10-4-6-18-8-10)16-13(17)11-3-5-15-7-12(11)14-2/h3,5,7,9-10,14H,4,6,8H2,1-2H3,(H,16,17). The molecule has 98 valence electrons. The zero-order chi connectivity index (χ0) is 13.0. The molecule has 1 aliphatic heterocycles. The Morgan fingerprint density at radius 3 is 3.11 bits per heavy atom. The minimum atomic E-state index is -0.0684. The van der Waals surface area contributed by atoms with Gasteiger partial charge in [-0.2, -0.15) is 0 Å². The number of nitrogens with one attached hydrogen (secondary N) is 2. The van der Waals surface area contributed by atoms with E-state index in [4.69, 9.17) is 4.74 Å². The van der Waals surface area contributed by atoms with Crippen LogP contribution in [-0.2, 0) is 4.74 Å². The smallest absolute Gasteiger partial charge is 0.253 e. The van der Waals surface area contributed by atoms with Gasteiger partial charge >= 0.3 is 0 Å². The highest BCUT2D eigenvalue weighted by atomic mass is 16.5. The van der Waals surface area contributed by atoms with Crippen LogP contribution in [0.2, 0.25) is 0 Å². The SMILES string of the molecule is CNc1cnccc1C(=O)NC(C)C1CCOC1. The van der Waals surface area contributed by atoms with Gasteiger partial charge in [-0.15, -0.1) is 0 Å². The van der Waals surface area contributed by atoms with Crippen LogP contribution in [0.5, 0.6) is 0 Å². The van der Waals surface area contributed by atoms with E-state index in [0.717, 1.165) is 25.3 Å². The second-order valence-electron chi connectivity index (χ2n) is 4.56. The zero-order valence-electron chi connectivity index (χ0n) is 10.8. The summed E-state index contributed by atoms with van der Waals surface area (Å²) in [5.74, 6) is 0.343. The van der Waals surface area contributed by atoms with Crippen molar-refractivity contribution in [2.75, 3.05) is 25.6 Å². The van der Waals surface area contributed by atoms with Gasteiger partial charge in [0.2, 0.25) is 0 Å². The molecule has 18 heavy (non-hydrogen) atoms. The van der Waals surface area contributed by atoms with Gasteiger partial charge in [-0.05, 0) is 19.4 Å². The normalized spacial score (nSPS) is 20.4. The maximum atomic E-state index is 12.2. The van der Waals surface area contributed by atoms with Gasteiger partial charge in [0, 0.05) is 31.8 Å². The Morgan fingerprint density at radius 2 is 2.44 bits per heavy atom. The number of carbonyl (C=O) groups excluding carboxylic acids is 1. The van der Waals surface area contributed by atoms with Crippen LogP contribution in [0.15, 0.2) is 18.5 Å². The van der Waals surface area contributed by atoms with E-state index in [9.17, 15) is 4.79 Å². The van der Waals surface area contributed by atoms with Crippen LogP contribution in [0.1, 0.15) is 23.7 Å². The first-order valence-electron chi connectivity index (χ1n) is 6.22. The lowest BCUT2D eigenvalue weighted by atomic mass is 10.0. The fourth-order valence-electron chi connectivity index (χ4n) is 2.14. The Kier molecular flexibility index (Phi) is 4.15. The molecule has 1 aromatic heterocycles. The van der Waals surface area contributed by atoms with Crippen molar-refractivity contribution in [1.82, 2.24) is 10.3 Å². The third kappa shape index (κ3) is 2.79. The first-order chi connectivity index (χ1) is 8.72. The minimum absolute atomic E-state index is 0.0684. The second-order valence-corrected chi connectivity index (χ2v) is 4.56. The number of aromatic nitrogens is 1. The van der Waals surface area contributed by atoms with Crippen molar-refractivity contribution < 1.29 is 9.53 Å². The quantitative estimate of drug-likeness (QED) is 0.843. The molecule has 1 aromatic rings. The van der Waals surface area contributed by atoms with Crippen molar-refractivity contribution in [2.45, 2.75) is 19.4 Å². The third-order valence-electron chi connectivity index (χ3n) is 3.37. The molecule has 2 atom stereocenters. The number of rotatable bonds is 4. The largest absolute Gasteiger partial charge is 0.386 e. The summed E-state index contributed by atoms with van der Waals surface area (Å²) in [5.41, 5.74) is 1.36. The highest BCUT2D eigenvalue weighted by Crippen LogP contribution is 2.18. The highest BCUT2D eigenvalue weighted by molar-refractivity contribution is 5.99. The molecule has 0 radical (unpaired) electrons. The van der Waals surface area contributed by atoms with Crippen molar-refractivity contribution in [2.24, 2.45) is 5.92 Å². The molecule has 5 heteroatoms. The number of nitrogens with zero attached hydrogens (tertiary/aromatic N) is 1. The fourth-order valence-corrected chi connectivity index (χ4v) is 2.14. The maximum Gasteiger partial charge on any atom is 0.253 e. The molecule has 1 saturated heterocycles. The lowest BCUT2D eigenvalue weighted by Gasteiger charge is -2.20. The van der Waals surface area contributed by atoms with Crippen LogP contribution in [-0.4, -0.2) is 37.2 Å². The number of ether oxygens (including phenoxy) is 1. The van der Waals surface area contributed by atoms with Crippen LogP contribution < -0.4 is 10.6 Å². The molecule has 2 N–H and O–H groups in total. The first kappa shape index (κ1) is 12.8. The van der Waals surface area contributed by atoms with Gasteiger partial charge in [0.1, 0.15) is 0 Å². The molecule has 5 nitrogen and oxygen atoms in total. The van der Waals surface area contributed by atoms with Crippen molar-refractivity contribution >= 4 is 11.6 Å². The average Bonchev–Trinajstić information content (AvgIpc) is 2.92. The van der Waals surface area contributed by atoms with Gasteiger partial charge < -0.3 is 15.4 Å². The summed E-state index contributed by atoms with van der Waals surface area (Å²) in [7, 11) is 1.78. The van der Waals surface area contributed by atoms with E-state index < -0.39 is 0 Å². The molecule has 0 bridgehead atoms. The molecule has 2 unspecified atom stereocenters. The van der Waals surface area contributed by atoms with Crippen LogP contribution >= 0.6 is 0 Å². The minimum Gasteiger partial charge on any atom is -0.386 e. The molecule has 2 rings (SSSR count). The summed E-state index contributed by atoms with van der Waals surface area (Å²) < 4.78 is 5.34. The van der Waals surface area contributed by atoms with E-state index in [-0.39, 0.29) is 11.9 Å². The highest BCUT2D eigenvalue weighted by Gasteiger charge is 2.24. The lowest BCUT2D eigenvalue weighted by Crippen LogP contribution is -2.38.